The van der Waals surface area contributed by atoms with E-state index in [2.05, 4.69) is 15.2 Å². The molecule has 3 aliphatic carbocycles. The fourth-order valence-electron chi connectivity index (χ4n) is 8.47. The first kappa shape index (κ1) is 25.2. The fourth-order valence-corrected chi connectivity index (χ4v) is 8.47. The quantitative estimate of drug-likeness (QED) is 0.423. The first-order valence-corrected chi connectivity index (χ1v) is 14.7. The largest absolute Gasteiger partial charge is 0.504 e. The van der Waals surface area contributed by atoms with Crippen LogP contribution in [0.2, 0.25) is 0 Å². The van der Waals surface area contributed by atoms with E-state index in [1.807, 2.05) is 18.2 Å². The van der Waals surface area contributed by atoms with E-state index in [0.717, 1.165) is 53.7 Å². The maximum absolute atomic E-state index is 13.7. The van der Waals surface area contributed by atoms with Crippen LogP contribution in [0.4, 0.5) is 0 Å². The van der Waals surface area contributed by atoms with Crippen molar-refractivity contribution in [3.8, 4) is 23.0 Å². The number of benzene rings is 2. The number of aromatic hydroxyl groups is 1. The Morgan fingerprint density at radius 1 is 1.12 bits per heavy atom. The summed E-state index contributed by atoms with van der Waals surface area (Å²) in [5, 5.41) is 28.4. The molecular weight excluding hydrogens is 522 g/mol. The van der Waals surface area contributed by atoms with Gasteiger partial charge in [0.05, 0.1) is 31.3 Å². The Morgan fingerprint density at radius 3 is 2.66 bits per heavy atom. The lowest BCUT2D eigenvalue weighted by Crippen LogP contribution is -2.78. The van der Waals surface area contributed by atoms with Crippen LogP contribution in [0.15, 0.2) is 36.5 Å². The number of carbonyl (C=O) groups is 1. The van der Waals surface area contributed by atoms with E-state index in [0.29, 0.717) is 35.8 Å². The number of nitrogens with one attached hydrogen (secondary N) is 1. The molecule has 2 bridgehead atoms. The second kappa shape index (κ2) is 8.72. The van der Waals surface area contributed by atoms with Crippen LogP contribution in [-0.2, 0) is 11.8 Å². The minimum atomic E-state index is -0.991. The molecule has 8 rings (SSSR count). The molecule has 1 aromatic heterocycles. The molecule has 3 fully saturated rings. The molecule has 5 atom stereocenters. The maximum atomic E-state index is 13.7. The van der Waals surface area contributed by atoms with E-state index < -0.39 is 17.1 Å². The van der Waals surface area contributed by atoms with Crippen LogP contribution in [0.5, 0.6) is 23.0 Å². The van der Waals surface area contributed by atoms with Crippen molar-refractivity contribution in [2.75, 3.05) is 27.3 Å². The van der Waals surface area contributed by atoms with Gasteiger partial charge in [-0.1, -0.05) is 6.07 Å². The highest BCUT2D eigenvalue weighted by Gasteiger charge is 2.73. The molecular formula is C32H35N3O6. The fraction of sp³-hybridized carbons (Fsp3) is 0.500. The Bertz CT molecular complexity index is 1590. The Hall–Kier alpha value is -3.56. The zero-order chi connectivity index (χ0) is 28.1. The van der Waals surface area contributed by atoms with E-state index in [1.54, 1.807) is 32.5 Å². The topological polar surface area (TPSA) is 113 Å². The molecule has 2 saturated carbocycles. The Morgan fingerprint density at radius 2 is 1.90 bits per heavy atom. The highest BCUT2D eigenvalue weighted by molar-refractivity contribution is 5.97. The number of hydrogen-bond acceptors (Lipinski definition) is 8. The molecule has 9 nitrogen and oxygen atoms in total. The smallest absolute Gasteiger partial charge is 0.270 e. The summed E-state index contributed by atoms with van der Waals surface area (Å²) in [7, 11) is 3.17. The van der Waals surface area contributed by atoms with Gasteiger partial charge in [-0.05, 0) is 86.2 Å². The molecule has 41 heavy (non-hydrogen) atoms. The number of rotatable bonds is 6. The van der Waals surface area contributed by atoms with Crippen LogP contribution in [0.1, 0.15) is 53.7 Å². The summed E-state index contributed by atoms with van der Waals surface area (Å²) in [5.74, 6) is 2.19. The number of amides is 1. The predicted molar refractivity (Wildman–Crippen MR) is 151 cm³/mol. The highest BCUT2D eigenvalue weighted by Crippen LogP contribution is 2.65. The normalized spacial score (nSPS) is 31.3. The van der Waals surface area contributed by atoms with Gasteiger partial charge in [-0.15, -0.1) is 0 Å². The molecule has 2 aliphatic heterocycles. The first-order valence-electron chi connectivity index (χ1n) is 14.7. The number of aliphatic hydroxyl groups is 1. The number of aromatic nitrogens is 1. The molecule has 3 N–H and O–H groups in total. The number of fused-ring (bicyclic) bond motifs is 1. The van der Waals surface area contributed by atoms with Gasteiger partial charge in [0, 0.05) is 29.7 Å². The average molecular weight is 558 g/mol. The molecule has 214 valence electrons. The Kier molecular flexibility index (Phi) is 5.36. The van der Waals surface area contributed by atoms with Gasteiger partial charge in [0.25, 0.3) is 5.91 Å². The number of ether oxygens (including phenoxy) is 3. The van der Waals surface area contributed by atoms with Gasteiger partial charge in [-0.25, -0.2) is 0 Å². The Labute approximate surface area is 238 Å². The van der Waals surface area contributed by atoms with Gasteiger partial charge in [0.15, 0.2) is 23.0 Å². The molecule has 1 amide bonds. The van der Waals surface area contributed by atoms with Crippen molar-refractivity contribution in [3.05, 3.63) is 53.3 Å². The second-order valence-electron chi connectivity index (χ2n) is 12.5. The molecule has 5 aliphatic rings. The maximum Gasteiger partial charge on any atom is 0.270 e. The van der Waals surface area contributed by atoms with E-state index >= 15 is 0 Å². The number of piperidine rings is 1. The zero-order valence-electron chi connectivity index (χ0n) is 23.4. The molecule has 0 radical (unpaired) electrons. The number of hydrogen-bond donors (Lipinski definition) is 3. The van der Waals surface area contributed by atoms with E-state index in [-0.39, 0.29) is 23.7 Å². The minimum absolute atomic E-state index is 0.00304. The third kappa shape index (κ3) is 3.42. The number of carbonyl (C=O) groups excluding carboxylic acids is 1. The molecule has 3 heterocycles. The van der Waals surface area contributed by atoms with Crippen molar-refractivity contribution in [2.45, 2.75) is 67.7 Å². The molecule has 2 aromatic carbocycles. The predicted octanol–water partition coefficient (Wildman–Crippen LogP) is 3.32. The second-order valence-corrected chi connectivity index (χ2v) is 12.5. The number of pyridine rings is 1. The molecule has 1 saturated heterocycles. The van der Waals surface area contributed by atoms with Crippen molar-refractivity contribution >= 4 is 16.7 Å². The highest BCUT2D eigenvalue weighted by atomic mass is 16.5. The van der Waals surface area contributed by atoms with Gasteiger partial charge < -0.3 is 29.7 Å². The number of methoxy groups -OCH3 is 2. The van der Waals surface area contributed by atoms with Crippen molar-refractivity contribution in [1.29, 1.82) is 0 Å². The number of phenols is 1. The summed E-state index contributed by atoms with van der Waals surface area (Å²) in [6, 6.07) is 8.79. The minimum Gasteiger partial charge on any atom is -0.504 e. The van der Waals surface area contributed by atoms with Gasteiger partial charge in [-0.3, -0.25) is 14.7 Å². The lowest BCUT2D eigenvalue weighted by atomic mass is 9.48. The first-order chi connectivity index (χ1) is 19.9. The van der Waals surface area contributed by atoms with E-state index in [4.69, 9.17) is 14.2 Å². The summed E-state index contributed by atoms with van der Waals surface area (Å²) in [5.41, 5.74) is 0.715. The van der Waals surface area contributed by atoms with Crippen LogP contribution >= 0.6 is 0 Å². The van der Waals surface area contributed by atoms with Crippen LogP contribution < -0.4 is 19.5 Å². The van der Waals surface area contributed by atoms with Crippen LogP contribution in [0, 0.1) is 5.92 Å². The van der Waals surface area contributed by atoms with Gasteiger partial charge in [-0.2, -0.15) is 0 Å². The third-order valence-electron chi connectivity index (χ3n) is 10.5. The van der Waals surface area contributed by atoms with E-state index in [9.17, 15) is 15.0 Å². The summed E-state index contributed by atoms with van der Waals surface area (Å²) in [4.78, 5) is 20.6. The lowest BCUT2D eigenvalue weighted by Gasteiger charge is -2.64. The standard InChI is InChI=1S/C32H35N3O6/c1-39-24-12-19-11-22(33-15-20(19)13-25(24)40-2)30(37)34-21-7-8-32(38)26-14-18-5-6-23(36)28-27(18)31(32,29(21)41-28)9-10-35(26)16-17-3-4-17/h5-6,11-13,15,17,21,26,29,36,38H,3-4,7-10,14,16H2,1-2H3,(H,34,37)/t21-,26-,29+,31+,32-/m1/s1. The van der Waals surface area contributed by atoms with Gasteiger partial charge in [0.2, 0.25) is 0 Å². The average Bonchev–Trinajstić information content (AvgIpc) is 3.72. The van der Waals surface area contributed by atoms with Crippen molar-refractivity contribution in [2.24, 2.45) is 5.92 Å². The summed E-state index contributed by atoms with van der Waals surface area (Å²) in [6.45, 7) is 1.90. The van der Waals surface area contributed by atoms with Crippen molar-refractivity contribution in [1.82, 2.24) is 15.2 Å². The van der Waals surface area contributed by atoms with Crippen LogP contribution in [0.3, 0.4) is 0 Å². The lowest BCUT2D eigenvalue weighted by molar-refractivity contribution is -0.191. The third-order valence-corrected chi connectivity index (χ3v) is 10.5. The SMILES string of the molecule is COc1cc2cnc(C(=O)N[C@@H]3CC[C@@]4(O)[C@H]5Cc6ccc(O)c7c6[C@@]4(CCN5CC4CC4)[C@H]3O7)cc2cc1OC. The van der Waals surface area contributed by atoms with Gasteiger partial charge in [0.1, 0.15) is 11.8 Å². The summed E-state index contributed by atoms with van der Waals surface area (Å²) >= 11 is 0. The molecule has 1 spiro atoms. The number of nitrogens with zero attached hydrogens (tertiary/aromatic N) is 2. The Balaban J connectivity index is 1.14. The monoisotopic (exact) mass is 557 g/mol. The molecule has 9 heteroatoms. The molecule has 0 unspecified atom stereocenters. The molecule has 3 aromatic rings. The van der Waals surface area contributed by atoms with Crippen LogP contribution in [0.25, 0.3) is 10.8 Å². The number of likely N-dealkylation sites (tertiary alicyclic amines) is 1. The van der Waals surface area contributed by atoms with Crippen LogP contribution in [-0.4, -0.2) is 77.1 Å². The van der Waals surface area contributed by atoms with Gasteiger partial charge >= 0.3 is 0 Å². The summed E-state index contributed by atoms with van der Waals surface area (Å²) < 4.78 is 17.4. The van der Waals surface area contributed by atoms with Crippen molar-refractivity contribution in [3.63, 3.8) is 0 Å². The summed E-state index contributed by atoms with van der Waals surface area (Å²) in [6.07, 6.45) is 6.32. The number of phenolic OH excluding ortho intramolecular Hbond substituents is 1. The van der Waals surface area contributed by atoms with E-state index in [1.165, 1.54) is 12.8 Å². The van der Waals surface area contributed by atoms with Crippen molar-refractivity contribution < 1.29 is 29.2 Å². The zero-order valence-corrected chi connectivity index (χ0v) is 23.4.